The van der Waals surface area contributed by atoms with E-state index in [0.717, 1.165) is 48.9 Å². The first-order chi connectivity index (χ1) is 15.3. The molecule has 4 aromatic rings. The number of likely N-dealkylation sites (N-methyl/N-ethyl adjacent to an activating group) is 1. The van der Waals surface area contributed by atoms with Gasteiger partial charge in [-0.3, -0.25) is 0 Å². The highest BCUT2D eigenvalue weighted by Gasteiger charge is 2.16. The number of fused-ring (bicyclic) bond motifs is 1. The van der Waals surface area contributed by atoms with Crippen molar-refractivity contribution in [3.8, 4) is 17.1 Å². The van der Waals surface area contributed by atoms with Gasteiger partial charge >= 0.3 is 0 Å². The zero-order valence-electron chi connectivity index (χ0n) is 17.7. The minimum Gasteiger partial charge on any atom is -0.489 e. The van der Waals surface area contributed by atoms with Gasteiger partial charge in [0.15, 0.2) is 5.82 Å². The third-order valence-electron chi connectivity index (χ3n) is 5.86. The molecule has 1 saturated heterocycles. The Morgan fingerprint density at radius 3 is 2.39 bits per heavy atom. The third kappa shape index (κ3) is 4.37. The summed E-state index contributed by atoms with van der Waals surface area (Å²) >= 11 is 0. The van der Waals surface area contributed by atoms with Gasteiger partial charge in [0.1, 0.15) is 12.4 Å². The number of hydrogen-bond donors (Lipinski definition) is 0. The summed E-state index contributed by atoms with van der Waals surface area (Å²) in [5.74, 6) is 1.63. The van der Waals surface area contributed by atoms with Crippen molar-refractivity contribution in [1.82, 2.24) is 14.9 Å². The average Bonchev–Trinajstić information content (AvgIpc) is 2.84. The topological polar surface area (TPSA) is 41.5 Å². The number of nitrogens with zero attached hydrogens (tertiary/aromatic N) is 4. The van der Waals surface area contributed by atoms with Gasteiger partial charge in [-0.15, -0.1) is 0 Å². The normalized spacial score (nSPS) is 14.7. The Morgan fingerprint density at radius 2 is 1.61 bits per heavy atom. The van der Waals surface area contributed by atoms with Crippen molar-refractivity contribution < 1.29 is 4.74 Å². The predicted molar refractivity (Wildman–Crippen MR) is 125 cm³/mol. The molecule has 0 radical (unpaired) electrons. The molecule has 31 heavy (non-hydrogen) atoms. The Balaban J connectivity index is 1.32. The maximum absolute atomic E-state index is 6.15. The van der Waals surface area contributed by atoms with Crippen molar-refractivity contribution in [2.75, 3.05) is 38.1 Å². The van der Waals surface area contributed by atoms with Crippen LogP contribution in [-0.2, 0) is 6.61 Å². The van der Waals surface area contributed by atoms with E-state index in [0.29, 0.717) is 6.61 Å². The summed E-state index contributed by atoms with van der Waals surface area (Å²) < 4.78 is 6.15. The molecule has 3 aromatic carbocycles. The molecule has 1 fully saturated rings. The lowest BCUT2D eigenvalue weighted by molar-refractivity contribution is 0.306. The van der Waals surface area contributed by atoms with E-state index in [9.17, 15) is 0 Å². The predicted octanol–water partition coefficient (Wildman–Crippen LogP) is 4.63. The summed E-state index contributed by atoms with van der Waals surface area (Å²) in [5.41, 5.74) is 3.42. The Morgan fingerprint density at radius 1 is 0.839 bits per heavy atom. The number of piperazine rings is 1. The van der Waals surface area contributed by atoms with Crippen LogP contribution >= 0.6 is 0 Å². The monoisotopic (exact) mass is 410 g/mol. The minimum atomic E-state index is 0.526. The van der Waals surface area contributed by atoms with Crippen LogP contribution < -0.4 is 9.64 Å². The molecule has 0 saturated carbocycles. The van der Waals surface area contributed by atoms with E-state index in [4.69, 9.17) is 4.74 Å². The zero-order chi connectivity index (χ0) is 21.0. The van der Waals surface area contributed by atoms with Crippen LogP contribution in [-0.4, -0.2) is 48.1 Å². The molecule has 1 aliphatic rings. The molecule has 0 spiro atoms. The molecule has 0 bridgehead atoms. The Labute approximate surface area is 182 Å². The van der Waals surface area contributed by atoms with Crippen LogP contribution in [0.3, 0.4) is 0 Å². The molecule has 0 N–H and O–H groups in total. The molecule has 5 heteroatoms. The van der Waals surface area contributed by atoms with Gasteiger partial charge in [0, 0.05) is 55.2 Å². The summed E-state index contributed by atoms with van der Waals surface area (Å²) in [7, 11) is 2.19. The molecule has 5 nitrogen and oxygen atoms in total. The third-order valence-corrected chi connectivity index (χ3v) is 5.86. The minimum absolute atomic E-state index is 0.526. The fraction of sp³-hybridized carbons (Fsp3) is 0.231. The molecule has 1 aromatic heterocycles. The van der Waals surface area contributed by atoms with Crippen molar-refractivity contribution in [2.45, 2.75) is 6.61 Å². The molecular formula is C26H26N4O. The van der Waals surface area contributed by atoms with Crippen molar-refractivity contribution in [3.05, 3.63) is 84.7 Å². The van der Waals surface area contributed by atoms with Crippen molar-refractivity contribution in [3.63, 3.8) is 0 Å². The molecule has 0 aliphatic carbocycles. The molecule has 156 valence electrons. The number of anilines is 1. The van der Waals surface area contributed by atoms with E-state index in [2.05, 4.69) is 75.3 Å². The standard InChI is InChI=1S/C26H26N4O/c1-29-14-16-30(17-15-29)25-5-2-4-21-10-11-23(18-24(21)25)31-19-20-6-8-22(9-7-20)26-27-12-3-13-28-26/h2-13,18H,14-17,19H2,1H3. The molecule has 0 atom stereocenters. The van der Waals surface area contributed by atoms with Gasteiger partial charge in [0.25, 0.3) is 0 Å². The first kappa shape index (κ1) is 19.5. The van der Waals surface area contributed by atoms with Gasteiger partial charge in [0.2, 0.25) is 0 Å². The van der Waals surface area contributed by atoms with Gasteiger partial charge in [-0.25, -0.2) is 9.97 Å². The van der Waals surface area contributed by atoms with Gasteiger partial charge in [-0.2, -0.15) is 0 Å². The fourth-order valence-corrected chi connectivity index (χ4v) is 4.01. The fourth-order valence-electron chi connectivity index (χ4n) is 4.01. The number of ether oxygens (including phenoxy) is 1. The summed E-state index contributed by atoms with van der Waals surface area (Å²) in [6.07, 6.45) is 3.52. The molecule has 1 aliphatic heterocycles. The Bertz CT molecular complexity index is 1150. The van der Waals surface area contributed by atoms with E-state index in [1.165, 1.54) is 16.5 Å². The van der Waals surface area contributed by atoms with Crippen LogP contribution in [0, 0.1) is 0 Å². The van der Waals surface area contributed by atoms with Crippen LogP contribution in [0.4, 0.5) is 5.69 Å². The Kier molecular flexibility index (Phi) is 5.50. The second-order valence-electron chi connectivity index (χ2n) is 8.01. The van der Waals surface area contributed by atoms with Crippen LogP contribution in [0.5, 0.6) is 5.75 Å². The van der Waals surface area contributed by atoms with Crippen molar-refractivity contribution >= 4 is 16.5 Å². The number of rotatable bonds is 5. The number of benzene rings is 3. The highest BCUT2D eigenvalue weighted by molar-refractivity contribution is 5.95. The van der Waals surface area contributed by atoms with Crippen molar-refractivity contribution in [2.24, 2.45) is 0 Å². The van der Waals surface area contributed by atoms with Gasteiger partial charge in [0.05, 0.1) is 0 Å². The smallest absolute Gasteiger partial charge is 0.159 e. The largest absolute Gasteiger partial charge is 0.489 e. The number of aromatic nitrogens is 2. The van der Waals surface area contributed by atoms with E-state index in [1.807, 2.05) is 18.2 Å². The van der Waals surface area contributed by atoms with E-state index in [-0.39, 0.29) is 0 Å². The van der Waals surface area contributed by atoms with E-state index < -0.39 is 0 Å². The molecular weight excluding hydrogens is 384 g/mol. The van der Waals surface area contributed by atoms with Crippen LogP contribution in [0.25, 0.3) is 22.2 Å². The molecule has 5 rings (SSSR count). The van der Waals surface area contributed by atoms with Crippen molar-refractivity contribution in [1.29, 1.82) is 0 Å². The first-order valence-corrected chi connectivity index (χ1v) is 10.7. The highest BCUT2D eigenvalue weighted by atomic mass is 16.5. The van der Waals surface area contributed by atoms with Gasteiger partial charge < -0.3 is 14.5 Å². The maximum Gasteiger partial charge on any atom is 0.159 e. The lowest BCUT2D eigenvalue weighted by atomic mass is 10.1. The van der Waals surface area contributed by atoms with Gasteiger partial charge in [-0.05, 0) is 42.3 Å². The average molecular weight is 411 g/mol. The van der Waals surface area contributed by atoms with Crippen LogP contribution in [0.2, 0.25) is 0 Å². The zero-order valence-corrected chi connectivity index (χ0v) is 17.7. The summed E-state index contributed by atoms with van der Waals surface area (Å²) in [5, 5.41) is 2.50. The number of hydrogen-bond acceptors (Lipinski definition) is 5. The van der Waals surface area contributed by atoms with E-state index in [1.54, 1.807) is 12.4 Å². The Hall–Kier alpha value is -3.44. The SMILES string of the molecule is CN1CCN(c2cccc3ccc(OCc4ccc(-c5ncccn5)cc4)cc23)CC1. The molecule has 0 unspecified atom stereocenters. The van der Waals surface area contributed by atoms with Gasteiger partial charge in [-0.1, -0.05) is 42.5 Å². The highest BCUT2D eigenvalue weighted by Crippen LogP contribution is 2.31. The first-order valence-electron chi connectivity index (χ1n) is 10.7. The molecule has 0 amide bonds. The summed E-state index contributed by atoms with van der Waals surface area (Å²) in [4.78, 5) is 13.5. The second-order valence-corrected chi connectivity index (χ2v) is 8.01. The lowest BCUT2D eigenvalue weighted by Crippen LogP contribution is -2.44. The second kappa shape index (κ2) is 8.74. The lowest BCUT2D eigenvalue weighted by Gasteiger charge is -2.34. The maximum atomic E-state index is 6.15. The summed E-state index contributed by atoms with van der Waals surface area (Å²) in [6, 6.07) is 23.0. The summed E-state index contributed by atoms with van der Waals surface area (Å²) in [6.45, 7) is 4.82. The van der Waals surface area contributed by atoms with E-state index >= 15 is 0 Å². The van der Waals surface area contributed by atoms with Crippen LogP contribution in [0.15, 0.2) is 79.1 Å². The quantitative estimate of drug-likeness (QED) is 0.480. The van der Waals surface area contributed by atoms with Crippen LogP contribution in [0.1, 0.15) is 5.56 Å². The molecule has 2 heterocycles.